The number of rotatable bonds is 3. The third-order valence-electron chi connectivity index (χ3n) is 2.63. The van der Waals surface area contributed by atoms with E-state index in [0.717, 1.165) is 11.5 Å². The highest BCUT2D eigenvalue weighted by Gasteiger charge is 2.31. The summed E-state index contributed by atoms with van der Waals surface area (Å²) in [5.74, 6) is 0.758. The number of aromatic nitrogens is 1. The fourth-order valence-corrected chi connectivity index (χ4v) is 1.77. The number of likely N-dealkylation sites (N-methyl/N-ethyl adjacent to an activating group) is 1. The molecule has 1 aliphatic heterocycles. The van der Waals surface area contributed by atoms with Crippen molar-refractivity contribution in [2.24, 2.45) is 0 Å². The number of nitrogens with zero attached hydrogens (tertiary/aromatic N) is 2. The van der Waals surface area contributed by atoms with Crippen LogP contribution in [0.4, 0.5) is 4.39 Å². The van der Waals surface area contributed by atoms with Crippen molar-refractivity contribution >= 4 is 0 Å². The summed E-state index contributed by atoms with van der Waals surface area (Å²) in [5, 5.41) is 3.79. The van der Waals surface area contributed by atoms with Crippen LogP contribution in [-0.2, 0) is 11.3 Å². The summed E-state index contributed by atoms with van der Waals surface area (Å²) >= 11 is 0. The molecule has 0 spiro atoms. The summed E-state index contributed by atoms with van der Waals surface area (Å²) < 4.78 is 23.5. The van der Waals surface area contributed by atoms with Crippen LogP contribution in [0.25, 0.3) is 0 Å². The number of hydrogen-bond donors (Lipinski definition) is 0. The highest BCUT2D eigenvalue weighted by atomic mass is 19.1. The molecule has 2 atom stereocenters. The van der Waals surface area contributed by atoms with E-state index in [1.54, 1.807) is 0 Å². The third-order valence-corrected chi connectivity index (χ3v) is 2.63. The molecule has 0 radical (unpaired) electrons. The Bertz CT molecular complexity index is 329. The Morgan fingerprint density at radius 1 is 1.60 bits per heavy atom. The van der Waals surface area contributed by atoms with Crippen LogP contribution >= 0.6 is 0 Å². The van der Waals surface area contributed by atoms with Gasteiger partial charge in [-0.25, -0.2) is 4.39 Å². The first-order valence-electron chi connectivity index (χ1n) is 5.01. The molecule has 15 heavy (non-hydrogen) atoms. The lowest BCUT2D eigenvalue weighted by atomic mass is 10.2. The lowest BCUT2D eigenvalue weighted by Crippen LogP contribution is -2.37. The van der Waals surface area contributed by atoms with Crippen LogP contribution < -0.4 is 0 Å². The van der Waals surface area contributed by atoms with E-state index in [-0.39, 0.29) is 12.6 Å². The molecule has 0 saturated carbocycles. The summed E-state index contributed by atoms with van der Waals surface area (Å²) in [5.41, 5.74) is 0.845. The average Bonchev–Trinajstić information content (AvgIpc) is 2.75. The van der Waals surface area contributed by atoms with Gasteiger partial charge < -0.3 is 9.26 Å². The smallest absolute Gasteiger partial charge is 0.150 e. The van der Waals surface area contributed by atoms with Gasteiger partial charge in [0.05, 0.1) is 31.5 Å². The fraction of sp³-hybridized carbons (Fsp3) is 0.700. The monoisotopic (exact) mass is 214 g/mol. The molecule has 2 unspecified atom stereocenters. The van der Waals surface area contributed by atoms with Gasteiger partial charge in [0, 0.05) is 6.07 Å². The van der Waals surface area contributed by atoms with Gasteiger partial charge in [0.25, 0.3) is 0 Å². The number of alkyl halides is 1. The van der Waals surface area contributed by atoms with Crippen LogP contribution in [0, 0.1) is 6.92 Å². The van der Waals surface area contributed by atoms with E-state index in [1.807, 2.05) is 24.9 Å². The van der Waals surface area contributed by atoms with E-state index in [2.05, 4.69) is 5.16 Å². The molecule has 0 aromatic carbocycles. The second kappa shape index (κ2) is 4.28. The number of ether oxygens (including phenoxy) is 1. The molecule has 0 aliphatic carbocycles. The van der Waals surface area contributed by atoms with Gasteiger partial charge in [-0.1, -0.05) is 5.16 Å². The highest BCUT2D eigenvalue weighted by Crippen LogP contribution is 2.17. The van der Waals surface area contributed by atoms with Crippen molar-refractivity contribution in [3.63, 3.8) is 0 Å². The van der Waals surface area contributed by atoms with E-state index < -0.39 is 6.17 Å². The van der Waals surface area contributed by atoms with E-state index in [9.17, 15) is 4.39 Å². The maximum Gasteiger partial charge on any atom is 0.150 e. The van der Waals surface area contributed by atoms with E-state index in [0.29, 0.717) is 13.2 Å². The normalized spacial score (nSPS) is 26.4. The van der Waals surface area contributed by atoms with Crippen LogP contribution in [0.5, 0.6) is 0 Å². The van der Waals surface area contributed by atoms with Crippen molar-refractivity contribution in [1.82, 2.24) is 10.1 Å². The number of halogens is 1. The predicted molar refractivity (Wildman–Crippen MR) is 52.2 cm³/mol. The molecule has 0 bridgehead atoms. The van der Waals surface area contributed by atoms with E-state index in [1.165, 1.54) is 0 Å². The summed E-state index contributed by atoms with van der Waals surface area (Å²) in [4.78, 5) is 1.90. The van der Waals surface area contributed by atoms with Crippen molar-refractivity contribution < 1.29 is 13.7 Å². The topological polar surface area (TPSA) is 38.5 Å². The van der Waals surface area contributed by atoms with Gasteiger partial charge >= 0.3 is 0 Å². The first-order chi connectivity index (χ1) is 7.16. The number of hydrogen-bond acceptors (Lipinski definition) is 4. The van der Waals surface area contributed by atoms with E-state index >= 15 is 0 Å². The van der Waals surface area contributed by atoms with Crippen molar-refractivity contribution in [2.45, 2.75) is 25.7 Å². The molecule has 1 aromatic heterocycles. The lowest BCUT2D eigenvalue weighted by Gasteiger charge is -2.22. The van der Waals surface area contributed by atoms with Gasteiger partial charge in [-0.05, 0) is 14.0 Å². The maximum atomic E-state index is 13.3. The van der Waals surface area contributed by atoms with Crippen LogP contribution in [0.2, 0.25) is 0 Å². The first-order valence-corrected chi connectivity index (χ1v) is 5.01. The Morgan fingerprint density at radius 3 is 2.93 bits per heavy atom. The molecule has 1 saturated heterocycles. The van der Waals surface area contributed by atoms with Crippen molar-refractivity contribution in [1.29, 1.82) is 0 Å². The molecule has 84 valence electrons. The minimum atomic E-state index is -0.904. The van der Waals surface area contributed by atoms with Crippen molar-refractivity contribution in [3.05, 3.63) is 17.5 Å². The van der Waals surface area contributed by atoms with Gasteiger partial charge in [0.1, 0.15) is 6.17 Å². The van der Waals surface area contributed by atoms with Gasteiger partial charge in [0.2, 0.25) is 0 Å². The van der Waals surface area contributed by atoms with Crippen molar-refractivity contribution in [2.75, 3.05) is 20.3 Å². The summed E-state index contributed by atoms with van der Waals surface area (Å²) in [6.45, 7) is 3.08. The fourth-order valence-electron chi connectivity index (χ4n) is 1.77. The zero-order valence-corrected chi connectivity index (χ0v) is 8.94. The largest absolute Gasteiger partial charge is 0.377 e. The van der Waals surface area contributed by atoms with E-state index in [4.69, 9.17) is 9.26 Å². The first kappa shape index (κ1) is 10.6. The molecule has 1 fully saturated rings. The van der Waals surface area contributed by atoms with Crippen LogP contribution in [0.15, 0.2) is 10.6 Å². The second-order valence-corrected chi connectivity index (χ2v) is 3.97. The Morgan fingerprint density at radius 2 is 2.40 bits per heavy atom. The summed E-state index contributed by atoms with van der Waals surface area (Å²) in [6, 6.07) is 1.69. The Balaban J connectivity index is 1.94. The molecule has 4 nitrogen and oxygen atoms in total. The lowest BCUT2D eigenvalue weighted by molar-refractivity contribution is 0.144. The molecular weight excluding hydrogens is 199 g/mol. The SMILES string of the molecule is Cc1cc(CN(C)C2COCC2F)on1. The molecule has 2 rings (SSSR count). The zero-order valence-electron chi connectivity index (χ0n) is 8.94. The predicted octanol–water partition coefficient (Wildman–Crippen LogP) is 1.15. The minimum absolute atomic E-state index is 0.171. The summed E-state index contributed by atoms with van der Waals surface area (Å²) in [7, 11) is 1.86. The average molecular weight is 214 g/mol. The zero-order chi connectivity index (χ0) is 10.8. The number of aryl methyl sites for hydroxylation is 1. The molecular formula is C10H15FN2O2. The molecule has 1 aromatic rings. The van der Waals surface area contributed by atoms with Gasteiger partial charge in [-0.15, -0.1) is 0 Å². The third kappa shape index (κ3) is 2.35. The Labute approximate surface area is 88.0 Å². The quantitative estimate of drug-likeness (QED) is 0.756. The van der Waals surface area contributed by atoms with Gasteiger partial charge in [-0.3, -0.25) is 4.90 Å². The molecule has 0 amide bonds. The minimum Gasteiger partial charge on any atom is -0.377 e. The van der Waals surface area contributed by atoms with Crippen LogP contribution in [0.3, 0.4) is 0 Å². The van der Waals surface area contributed by atoms with Crippen molar-refractivity contribution in [3.8, 4) is 0 Å². The highest BCUT2D eigenvalue weighted by molar-refractivity contribution is 5.03. The second-order valence-electron chi connectivity index (χ2n) is 3.97. The maximum absolute atomic E-state index is 13.3. The standard InChI is InChI=1S/C10H15FN2O2/c1-7-3-8(15-12-7)4-13(2)10-6-14-5-9(10)11/h3,9-10H,4-6H2,1-2H3. The van der Waals surface area contributed by atoms with Crippen LogP contribution in [0.1, 0.15) is 11.5 Å². The molecule has 0 N–H and O–H groups in total. The van der Waals surface area contributed by atoms with Gasteiger partial charge in [-0.2, -0.15) is 0 Å². The molecule has 5 heteroatoms. The Hall–Kier alpha value is -0.940. The Kier molecular flexibility index (Phi) is 3.02. The van der Waals surface area contributed by atoms with Gasteiger partial charge in [0.15, 0.2) is 5.76 Å². The summed E-state index contributed by atoms with van der Waals surface area (Å²) in [6.07, 6.45) is -0.904. The molecule has 2 heterocycles. The van der Waals surface area contributed by atoms with Crippen LogP contribution in [-0.4, -0.2) is 42.5 Å². The molecule has 1 aliphatic rings.